The summed E-state index contributed by atoms with van der Waals surface area (Å²) in [4.78, 5) is 11.3. The molecule has 1 amide bonds. The minimum absolute atomic E-state index is 0.00473. The van der Waals surface area contributed by atoms with Crippen molar-refractivity contribution in [2.24, 2.45) is 0 Å². The Balaban J connectivity index is 6.27. The number of ether oxygens (including phenoxy) is 1. The van der Waals surface area contributed by atoms with Gasteiger partial charge in [0.2, 0.25) is 0 Å². The molecular weight excluding hydrogens is 686 g/mol. The molecule has 0 saturated heterocycles. The van der Waals surface area contributed by atoms with Gasteiger partial charge in [-0.3, -0.25) is 0 Å². The predicted octanol–water partition coefficient (Wildman–Crippen LogP) is 7.94. The highest BCUT2D eigenvalue weighted by Gasteiger charge is 2.96. The van der Waals surface area contributed by atoms with Gasteiger partial charge in [-0.1, -0.05) is 0 Å². The lowest BCUT2D eigenvalue weighted by Gasteiger charge is -2.44. The van der Waals surface area contributed by atoms with Crippen molar-refractivity contribution in [3.05, 3.63) is 0 Å². The van der Waals surface area contributed by atoms with E-state index in [1.54, 1.807) is 18.4 Å². The molecule has 0 saturated carbocycles. The maximum Gasteiger partial charge on any atom is 0.407 e. The van der Waals surface area contributed by atoms with Gasteiger partial charge < -0.3 is 14.5 Å². The lowest BCUT2D eigenvalue weighted by atomic mass is 9.86. The van der Waals surface area contributed by atoms with Gasteiger partial charge in [0.1, 0.15) is 0 Å². The molecule has 0 aliphatic rings. The number of amides is 1. The van der Waals surface area contributed by atoms with Gasteiger partial charge in [0.25, 0.3) is 0 Å². The fourth-order valence-corrected chi connectivity index (χ4v) is 3.90. The molecule has 258 valence electrons. The van der Waals surface area contributed by atoms with Gasteiger partial charge in [-0.2, -0.15) is 79.0 Å². The van der Waals surface area contributed by atoms with E-state index in [0.29, 0.717) is 0 Å². The summed E-state index contributed by atoms with van der Waals surface area (Å²) in [5, 5.41) is 1.57. The molecule has 0 atom stereocenters. The van der Waals surface area contributed by atoms with Gasteiger partial charge in [0.05, 0.1) is 0 Å². The van der Waals surface area contributed by atoms with E-state index in [9.17, 15) is 92.6 Å². The zero-order valence-corrected chi connectivity index (χ0v) is 22.2. The van der Waals surface area contributed by atoms with Crippen molar-refractivity contribution in [3.63, 3.8) is 0 Å². The van der Waals surface area contributed by atoms with Crippen molar-refractivity contribution in [1.29, 1.82) is 0 Å². The molecule has 0 spiro atoms. The Morgan fingerprint density at radius 1 is 0.651 bits per heavy atom. The van der Waals surface area contributed by atoms with E-state index in [-0.39, 0.29) is 12.5 Å². The molecule has 0 aromatic carbocycles. The minimum atomic E-state index is -9.09. The SMILES string of the molecule is CO[Si](C)(C)CCCNC(=O)OCC(F)(F)C(F)(F)C(F)(F)C(F)(F)C(F)(F)C(F)(F)C(F)(F)C(F)(F)C(F)(F)C(F)F. The van der Waals surface area contributed by atoms with Gasteiger partial charge in [-0.25, -0.2) is 13.6 Å². The standard InChI is InChI=1S/C18H19F20NO3Si/c1-41-43(2,3)6-4-5-39-9(40)42-7-10(21,22)12(25,26)14(29,30)16(33,34)18(37,38)17(35,36)15(31,32)13(27,28)11(23,24)8(19)20/h8H,4-7H2,1-3H3,(H,39,40). The molecule has 0 bridgehead atoms. The number of alkyl halides is 20. The van der Waals surface area contributed by atoms with Crippen LogP contribution in [0.3, 0.4) is 0 Å². The molecule has 0 heterocycles. The van der Waals surface area contributed by atoms with E-state index in [1.807, 2.05) is 0 Å². The van der Waals surface area contributed by atoms with Gasteiger partial charge >= 0.3 is 65.8 Å². The average Bonchev–Trinajstić information content (AvgIpc) is 2.84. The average molecular weight is 705 g/mol. The predicted molar refractivity (Wildman–Crippen MR) is 104 cm³/mol. The lowest BCUT2D eigenvalue weighted by Crippen LogP contribution is -2.76. The highest BCUT2D eigenvalue weighted by molar-refractivity contribution is 6.71. The number of hydrogen-bond acceptors (Lipinski definition) is 3. The number of carbonyl (C=O) groups is 1. The second kappa shape index (κ2) is 12.1. The Bertz CT molecular complexity index is 971. The van der Waals surface area contributed by atoms with E-state index in [2.05, 4.69) is 4.74 Å². The summed E-state index contributed by atoms with van der Waals surface area (Å²) in [6.07, 6.45) is -8.28. The molecule has 43 heavy (non-hydrogen) atoms. The second-order valence-electron chi connectivity index (χ2n) is 9.22. The third-order valence-corrected chi connectivity index (χ3v) is 8.34. The first-order valence-electron chi connectivity index (χ1n) is 10.7. The first kappa shape index (κ1) is 41.0. The van der Waals surface area contributed by atoms with E-state index in [4.69, 9.17) is 4.43 Å². The fourth-order valence-electron chi connectivity index (χ4n) is 2.67. The minimum Gasteiger partial charge on any atom is -0.443 e. The molecule has 0 radical (unpaired) electrons. The quantitative estimate of drug-likeness (QED) is 0.101. The Hall–Kier alpha value is -1.95. The normalized spacial score (nSPS) is 15.6. The van der Waals surface area contributed by atoms with E-state index in [0.717, 1.165) is 0 Å². The Morgan fingerprint density at radius 2 is 1.00 bits per heavy atom. The summed E-state index contributed by atoms with van der Waals surface area (Å²) < 4.78 is 276. The first-order chi connectivity index (χ1) is 18.6. The highest BCUT2D eigenvalue weighted by atomic mass is 28.4. The summed E-state index contributed by atoms with van der Waals surface area (Å²) in [6, 6.07) is 0.253. The maximum atomic E-state index is 13.8. The Kier molecular flexibility index (Phi) is 11.5. The fraction of sp³-hybridized carbons (Fsp3) is 0.944. The van der Waals surface area contributed by atoms with Crippen molar-refractivity contribution in [2.75, 3.05) is 20.3 Å². The van der Waals surface area contributed by atoms with Crippen molar-refractivity contribution >= 4 is 14.4 Å². The Labute approximate surface area is 228 Å². The highest BCUT2D eigenvalue weighted by Crippen LogP contribution is 2.65. The van der Waals surface area contributed by atoms with Crippen molar-refractivity contribution in [2.45, 2.75) is 85.3 Å². The van der Waals surface area contributed by atoms with Crippen molar-refractivity contribution < 1.29 is 102 Å². The van der Waals surface area contributed by atoms with E-state index in [1.165, 1.54) is 7.11 Å². The summed E-state index contributed by atoms with van der Waals surface area (Å²) in [5.41, 5.74) is 0. The molecule has 0 unspecified atom stereocenters. The number of rotatable bonds is 16. The van der Waals surface area contributed by atoms with Crippen molar-refractivity contribution in [3.8, 4) is 0 Å². The van der Waals surface area contributed by atoms with Gasteiger partial charge in [-0.05, 0) is 25.6 Å². The van der Waals surface area contributed by atoms with E-state index < -0.39 is 87.3 Å². The summed E-state index contributed by atoms with van der Waals surface area (Å²) >= 11 is 0. The molecule has 0 rings (SSSR count). The first-order valence-corrected chi connectivity index (χ1v) is 13.9. The van der Waals surface area contributed by atoms with Crippen LogP contribution in [0.1, 0.15) is 6.42 Å². The van der Waals surface area contributed by atoms with Crippen LogP contribution in [0.2, 0.25) is 19.1 Å². The molecule has 0 aromatic rings. The molecule has 4 nitrogen and oxygen atoms in total. The second-order valence-corrected chi connectivity index (χ2v) is 13.6. The van der Waals surface area contributed by atoms with Gasteiger partial charge in [0, 0.05) is 13.7 Å². The van der Waals surface area contributed by atoms with Gasteiger partial charge in [-0.15, -0.1) is 0 Å². The lowest BCUT2D eigenvalue weighted by molar-refractivity contribution is -0.465. The molecule has 0 aromatic heterocycles. The smallest absolute Gasteiger partial charge is 0.407 e. The van der Waals surface area contributed by atoms with E-state index >= 15 is 0 Å². The number of halogens is 20. The molecule has 1 N–H and O–H groups in total. The van der Waals surface area contributed by atoms with Crippen LogP contribution in [0.15, 0.2) is 0 Å². The van der Waals surface area contributed by atoms with Crippen LogP contribution in [-0.4, -0.2) is 94.4 Å². The third-order valence-electron chi connectivity index (χ3n) is 5.68. The topological polar surface area (TPSA) is 47.6 Å². The number of nitrogens with one attached hydrogen (secondary N) is 1. The maximum absolute atomic E-state index is 13.8. The largest absolute Gasteiger partial charge is 0.443 e. The number of alkyl carbamates (subject to hydrolysis) is 1. The molecule has 0 fully saturated rings. The van der Waals surface area contributed by atoms with Crippen LogP contribution in [0.5, 0.6) is 0 Å². The van der Waals surface area contributed by atoms with Crippen LogP contribution in [0.25, 0.3) is 0 Å². The van der Waals surface area contributed by atoms with Crippen molar-refractivity contribution in [1.82, 2.24) is 5.32 Å². The van der Waals surface area contributed by atoms with Crippen LogP contribution < -0.4 is 5.32 Å². The van der Waals surface area contributed by atoms with Crippen LogP contribution in [0.4, 0.5) is 92.6 Å². The summed E-state index contributed by atoms with van der Waals surface area (Å²) in [6.45, 7) is -0.616. The monoisotopic (exact) mass is 705 g/mol. The van der Waals surface area contributed by atoms with Gasteiger partial charge in [0.15, 0.2) is 14.9 Å². The molecule has 0 aliphatic heterocycles. The third kappa shape index (κ3) is 6.70. The number of carbonyl (C=O) groups excluding carboxylic acids is 1. The Morgan fingerprint density at radius 3 is 1.35 bits per heavy atom. The molecule has 0 aliphatic carbocycles. The zero-order valence-electron chi connectivity index (χ0n) is 21.2. The van der Waals surface area contributed by atoms with Crippen LogP contribution in [-0.2, 0) is 9.16 Å². The van der Waals surface area contributed by atoms with Crippen LogP contribution >= 0.6 is 0 Å². The summed E-state index contributed by atoms with van der Waals surface area (Å²) in [7, 11) is -0.962. The zero-order chi connectivity index (χ0) is 35.1. The molecule has 25 heteroatoms. The molecular formula is C18H19F20NO3Si. The summed E-state index contributed by atoms with van der Waals surface area (Å²) in [5.74, 6) is -76.0. The van der Waals surface area contributed by atoms with Crippen LogP contribution in [0, 0.1) is 0 Å². The number of hydrogen-bond donors (Lipinski definition) is 1.